The zero-order valence-electron chi connectivity index (χ0n) is 10.9. The van der Waals surface area contributed by atoms with Gasteiger partial charge in [0.15, 0.2) is 0 Å². The van der Waals surface area contributed by atoms with Crippen LogP contribution in [0.15, 0.2) is 40.9 Å². The van der Waals surface area contributed by atoms with Gasteiger partial charge in [-0.15, -0.1) is 0 Å². The third kappa shape index (κ3) is 3.71. The van der Waals surface area contributed by atoms with E-state index in [4.69, 9.17) is 11.6 Å². The van der Waals surface area contributed by atoms with Crippen LogP contribution in [0.2, 0.25) is 5.02 Å². The Bertz CT molecular complexity index is 697. The molecule has 2 aromatic rings. The van der Waals surface area contributed by atoms with Gasteiger partial charge in [0.05, 0.1) is 4.92 Å². The average molecular weight is 374 g/mol. The van der Waals surface area contributed by atoms with Gasteiger partial charge in [0, 0.05) is 33.4 Å². The quantitative estimate of drug-likeness (QED) is 0.582. The average Bonchev–Trinajstić information content (AvgIpc) is 2.37. The van der Waals surface area contributed by atoms with Gasteiger partial charge >= 0.3 is 5.69 Å². The van der Waals surface area contributed by atoms with Gasteiger partial charge in [-0.05, 0) is 30.7 Å². The van der Waals surface area contributed by atoms with Crippen LogP contribution in [0.25, 0.3) is 0 Å². The summed E-state index contributed by atoms with van der Waals surface area (Å²) in [6.07, 6.45) is 0. The maximum absolute atomic E-state index is 13.6. The highest BCUT2D eigenvalue weighted by Gasteiger charge is 2.15. The molecule has 0 radical (unpaired) electrons. The third-order valence-electron chi connectivity index (χ3n) is 2.96. The van der Waals surface area contributed by atoms with E-state index in [9.17, 15) is 14.5 Å². The second kappa shape index (κ2) is 6.41. The van der Waals surface area contributed by atoms with Gasteiger partial charge in [-0.3, -0.25) is 10.1 Å². The number of nitro benzene ring substituents is 1. The van der Waals surface area contributed by atoms with Crippen LogP contribution < -0.4 is 5.32 Å². The van der Waals surface area contributed by atoms with Crippen molar-refractivity contribution in [2.45, 2.75) is 13.0 Å². The number of nitrogens with one attached hydrogen (secondary N) is 1. The molecule has 7 heteroatoms. The Labute approximate surface area is 134 Å². The van der Waals surface area contributed by atoms with Crippen LogP contribution in [0.5, 0.6) is 0 Å². The van der Waals surface area contributed by atoms with Crippen molar-refractivity contribution in [1.29, 1.82) is 0 Å². The number of halogens is 3. The molecule has 1 N–H and O–H groups in total. The van der Waals surface area contributed by atoms with E-state index in [1.165, 1.54) is 6.07 Å². The Morgan fingerprint density at radius 1 is 1.33 bits per heavy atom. The summed E-state index contributed by atoms with van der Waals surface area (Å²) in [5.74, 6) is -0.876. The molecule has 0 aliphatic heterocycles. The lowest BCUT2D eigenvalue weighted by atomic mass is 10.1. The summed E-state index contributed by atoms with van der Waals surface area (Å²) in [6.45, 7) is 1.87. The molecule has 0 bridgehead atoms. The van der Waals surface area contributed by atoms with E-state index in [1.54, 1.807) is 6.07 Å². The fourth-order valence-corrected chi connectivity index (χ4v) is 2.76. The van der Waals surface area contributed by atoms with Crippen LogP contribution in [0.4, 0.5) is 15.8 Å². The summed E-state index contributed by atoms with van der Waals surface area (Å²) in [7, 11) is 0. The summed E-state index contributed by atoms with van der Waals surface area (Å²) in [5, 5.41) is 14.2. The van der Waals surface area contributed by atoms with Crippen LogP contribution in [0.1, 0.15) is 18.5 Å². The van der Waals surface area contributed by atoms with Gasteiger partial charge in [-0.25, -0.2) is 0 Å². The van der Waals surface area contributed by atoms with Crippen molar-refractivity contribution in [3.05, 3.63) is 67.4 Å². The van der Waals surface area contributed by atoms with Gasteiger partial charge in [0.25, 0.3) is 0 Å². The molecule has 0 aliphatic rings. The molecular formula is C14H11BrClFN2O2. The van der Waals surface area contributed by atoms with E-state index < -0.39 is 16.4 Å². The minimum atomic E-state index is -0.876. The Morgan fingerprint density at radius 2 is 2.05 bits per heavy atom. The van der Waals surface area contributed by atoms with Crippen molar-refractivity contribution in [2.24, 2.45) is 0 Å². The van der Waals surface area contributed by atoms with E-state index >= 15 is 0 Å². The predicted octanol–water partition coefficient (Wildman–Crippen LogP) is 5.32. The molecule has 0 aliphatic carbocycles. The summed E-state index contributed by atoms with van der Waals surface area (Å²) >= 11 is 9.48. The fraction of sp³-hybridized carbons (Fsp3) is 0.143. The van der Waals surface area contributed by atoms with E-state index in [1.807, 2.05) is 19.1 Å². The van der Waals surface area contributed by atoms with Gasteiger partial charge in [0.2, 0.25) is 5.82 Å². The predicted molar refractivity (Wildman–Crippen MR) is 84.2 cm³/mol. The molecule has 0 saturated heterocycles. The molecule has 2 aromatic carbocycles. The number of rotatable bonds is 4. The molecule has 0 amide bonds. The Morgan fingerprint density at radius 3 is 2.62 bits per heavy atom. The fourth-order valence-electron chi connectivity index (χ4n) is 1.93. The standard InChI is InChI=1S/C14H11BrClFN2O2/c1-8(11-4-2-9(15)6-12(11)16)18-10-3-5-14(19(20)21)13(17)7-10/h2-8,18H,1H3. The molecule has 21 heavy (non-hydrogen) atoms. The Kier molecular flexibility index (Phi) is 4.80. The maximum Gasteiger partial charge on any atom is 0.304 e. The lowest BCUT2D eigenvalue weighted by Gasteiger charge is -2.17. The molecular weight excluding hydrogens is 363 g/mol. The van der Waals surface area contributed by atoms with Crippen molar-refractivity contribution < 1.29 is 9.31 Å². The summed E-state index contributed by atoms with van der Waals surface area (Å²) in [5.41, 5.74) is 0.748. The third-order valence-corrected chi connectivity index (χ3v) is 3.78. The summed E-state index contributed by atoms with van der Waals surface area (Å²) in [4.78, 5) is 9.82. The van der Waals surface area contributed by atoms with Crippen LogP contribution in [-0.2, 0) is 0 Å². The van der Waals surface area contributed by atoms with E-state index in [0.29, 0.717) is 10.7 Å². The van der Waals surface area contributed by atoms with Crippen LogP contribution in [-0.4, -0.2) is 4.92 Å². The first-order valence-electron chi connectivity index (χ1n) is 6.04. The van der Waals surface area contributed by atoms with Gasteiger partial charge < -0.3 is 5.32 Å². The monoisotopic (exact) mass is 372 g/mol. The molecule has 0 fully saturated rings. The van der Waals surface area contributed by atoms with Crippen LogP contribution in [0, 0.1) is 15.9 Å². The first-order chi connectivity index (χ1) is 9.88. The molecule has 2 rings (SSSR count). The van der Waals surface area contributed by atoms with Gasteiger partial charge in [0.1, 0.15) is 0 Å². The minimum absolute atomic E-state index is 0.175. The van der Waals surface area contributed by atoms with Crippen LogP contribution >= 0.6 is 27.5 Å². The van der Waals surface area contributed by atoms with E-state index in [-0.39, 0.29) is 6.04 Å². The SMILES string of the molecule is CC(Nc1ccc([N+](=O)[O-])c(F)c1)c1ccc(Br)cc1Cl. The highest BCUT2D eigenvalue weighted by molar-refractivity contribution is 9.10. The van der Waals surface area contributed by atoms with Crippen LogP contribution in [0.3, 0.4) is 0 Å². The van der Waals surface area contributed by atoms with Gasteiger partial charge in [-0.2, -0.15) is 4.39 Å². The first-order valence-corrected chi connectivity index (χ1v) is 7.21. The number of nitrogens with zero attached hydrogens (tertiary/aromatic N) is 1. The largest absolute Gasteiger partial charge is 0.378 e. The summed E-state index contributed by atoms with van der Waals surface area (Å²) < 4.78 is 14.4. The highest BCUT2D eigenvalue weighted by Crippen LogP contribution is 2.29. The molecule has 110 valence electrons. The molecule has 0 heterocycles. The van der Waals surface area contributed by atoms with Crippen molar-refractivity contribution in [1.82, 2.24) is 0 Å². The normalized spacial score (nSPS) is 12.0. The Hall–Kier alpha value is -1.66. The molecule has 4 nitrogen and oxygen atoms in total. The lowest BCUT2D eigenvalue weighted by Crippen LogP contribution is -2.07. The minimum Gasteiger partial charge on any atom is -0.378 e. The highest BCUT2D eigenvalue weighted by atomic mass is 79.9. The van der Waals surface area contributed by atoms with E-state index in [2.05, 4.69) is 21.2 Å². The molecule has 0 aromatic heterocycles. The van der Waals surface area contributed by atoms with E-state index in [0.717, 1.165) is 22.2 Å². The van der Waals surface area contributed by atoms with Crippen molar-refractivity contribution in [2.75, 3.05) is 5.32 Å². The van der Waals surface area contributed by atoms with Crippen molar-refractivity contribution >= 4 is 38.9 Å². The maximum atomic E-state index is 13.6. The molecule has 1 atom stereocenters. The molecule has 0 saturated carbocycles. The Balaban J connectivity index is 2.21. The molecule has 0 spiro atoms. The lowest BCUT2D eigenvalue weighted by molar-refractivity contribution is -0.387. The second-order valence-electron chi connectivity index (χ2n) is 4.46. The first kappa shape index (κ1) is 15.7. The number of benzene rings is 2. The molecule has 1 unspecified atom stereocenters. The number of nitro groups is 1. The smallest absolute Gasteiger partial charge is 0.304 e. The zero-order chi connectivity index (χ0) is 15.6. The number of hydrogen-bond acceptors (Lipinski definition) is 3. The second-order valence-corrected chi connectivity index (χ2v) is 5.78. The van der Waals surface area contributed by atoms with Gasteiger partial charge in [-0.1, -0.05) is 33.6 Å². The number of hydrogen-bond donors (Lipinski definition) is 1. The van der Waals surface area contributed by atoms with Crippen molar-refractivity contribution in [3.63, 3.8) is 0 Å². The summed E-state index contributed by atoms with van der Waals surface area (Å²) in [6, 6.07) is 9.00. The van der Waals surface area contributed by atoms with Crippen molar-refractivity contribution in [3.8, 4) is 0 Å². The topological polar surface area (TPSA) is 55.2 Å². The zero-order valence-corrected chi connectivity index (χ0v) is 13.3. The number of anilines is 1.